The van der Waals surface area contributed by atoms with Gasteiger partial charge in [-0.15, -0.1) is 12.4 Å². The van der Waals surface area contributed by atoms with Crippen LogP contribution in [0.2, 0.25) is 0 Å². The molecule has 3 N–H and O–H groups in total. The first kappa shape index (κ1) is 17.7. The normalized spacial score (nSPS) is 12.7. The lowest BCUT2D eigenvalue weighted by Gasteiger charge is -2.12. The Hall–Kier alpha value is -0.340. The van der Waals surface area contributed by atoms with Gasteiger partial charge in [0.1, 0.15) is 5.75 Å². The molecule has 1 aromatic rings. The zero-order valence-electron chi connectivity index (χ0n) is 10.0. The van der Waals surface area contributed by atoms with Gasteiger partial charge in [-0.2, -0.15) is 0 Å². The Kier molecular flexibility index (Phi) is 7.16. The number of benzene rings is 1. The lowest BCUT2D eigenvalue weighted by atomic mass is 10.3. The number of nitrogens with one attached hydrogen (secondary N) is 1. The van der Waals surface area contributed by atoms with E-state index in [1.165, 1.54) is 19.2 Å². The van der Waals surface area contributed by atoms with Crippen LogP contribution in [0.1, 0.15) is 6.92 Å². The first-order valence-corrected chi connectivity index (χ1v) is 7.24. The van der Waals surface area contributed by atoms with Gasteiger partial charge in [0, 0.05) is 12.6 Å². The molecule has 0 fully saturated rings. The van der Waals surface area contributed by atoms with E-state index in [0.717, 1.165) is 0 Å². The third-order valence-corrected chi connectivity index (χ3v) is 4.35. The quantitative estimate of drug-likeness (QED) is 0.835. The van der Waals surface area contributed by atoms with Crippen LogP contribution in [0.25, 0.3) is 0 Å². The van der Waals surface area contributed by atoms with Crippen molar-refractivity contribution >= 4 is 38.4 Å². The summed E-state index contributed by atoms with van der Waals surface area (Å²) in [6.07, 6.45) is 0. The third kappa shape index (κ3) is 4.40. The van der Waals surface area contributed by atoms with Crippen molar-refractivity contribution in [2.75, 3.05) is 13.7 Å². The average molecular weight is 360 g/mol. The first-order chi connectivity index (χ1) is 7.90. The fourth-order valence-corrected chi connectivity index (χ4v) is 3.17. The SMILES string of the molecule is COc1ccc(S(=O)(=O)N[C@H](C)CN)cc1Br.Cl. The zero-order chi connectivity index (χ0) is 13.1. The maximum atomic E-state index is 11.9. The highest BCUT2D eigenvalue weighted by Crippen LogP contribution is 2.27. The largest absolute Gasteiger partial charge is 0.496 e. The molecule has 1 aromatic carbocycles. The molecule has 0 bridgehead atoms. The molecule has 0 heterocycles. The number of hydrogen-bond donors (Lipinski definition) is 2. The van der Waals surface area contributed by atoms with Gasteiger partial charge in [0.15, 0.2) is 0 Å². The maximum Gasteiger partial charge on any atom is 0.240 e. The number of halogens is 2. The topological polar surface area (TPSA) is 81.4 Å². The van der Waals surface area contributed by atoms with Crippen molar-refractivity contribution < 1.29 is 13.2 Å². The first-order valence-electron chi connectivity index (χ1n) is 4.96. The summed E-state index contributed by atoms with van der Waals surface area (Å²) in [6.45, 7) is 1.95. The lowest BCUT2D eigenvalue weighted by Crippen LogP contribution is -2.37. The number of rotatable bonds is 5. The van der Waals surface area contributed by atoms with Crippen molar-refractivity contribution in [1.82, 2.24) is 4.72 Å². The Morgan fingerprint density at radius 1 is 1.50 bits per heavy atom. The van der Waals surface area contributed by atoms with Gasteiger partial charge in [0.2, 0.25) is 10.0 Å². The lowest BCUT2D eigenvalue weighted by molar-refractivity contribution is 0.411. The van der Waals surface area contributed by atoms with Crippen molar-refractivity contribution in [2.45, 2.75) is 17.9 Å². The van der Waals surface area contributed by atoms with E-state index in [1.54, 1.807) is 13.0 Å². The summed E-state index contributed by atoms with van der Waals surface area (Å²) in [5.74, 6) is 0.579. The van der Waals surface area contributed by atoms with E-state index in [4.69, 9.17) is 10.5 Å². The number of hydrogen-bond acceptors (Lipinski definition) is 4. The molecule has 0 amide bonds. The smallest absolute Gasteiger partial charge is 0.240 e. The molecule has 18 heavy (non-hydrogen) atoms. The van der Waals surface area contributed by atoms with Gasteiger partial charge in [-0.25, -0.2) is 13.1 Å². The Morgan fingerprint density at radius 2 is 2.11 bits per heavy atom. The van der Waals surface area contributed by atoms with E-state index in [-0.39, 0.29) is 29.9 Å². The van der Waals surface area contributed by atoms with Crippen molar-refractivity contribution in [3.63, 3.8) is 0 Å². The summed E-state index contributed by atoms with van der Waals surface area (Å²) in [5.41, 5.74) is 5.38. The minimum absolute atomic E-state index is 0. The highest BCUT2D eigenvalue weighted by molar-refractivity contribution is 9.10. The summed E-state index contributed by atoms with van der Waals surface area (Å²) in [7, 11) is -2.02. The van der Waals surface area contributed by atoms with E-state index in [1.807, 2.05) is 0 Å². The second-order valence-corrected chi connectivity index (χ2v) is 6.12. The maximum absolute atomic E-state index is 11.9. The molecule has 0 saturated heterocycles. The monoisotopic (exact) mass is 358 g/mol. The summed E-state index contributed by atoms with van der Waals surface area (Å²) < 4.78 is 31.9. The van der Waals surface area contributed by atoms with Gasteiger partial charge >= 0.3 is 0 Å². The van der Waals surface area contributed by atoms with Crippen LogP contribution < -0.4 is 15.2 Å². The van der Waals surface area contributed by atoms with Crippen LogP contribution in [0, 0.1) is 0 Å². The van der Waals surface area contributed by atoms with E-state index >= 15 is 0 Å². The molecule has 104 valence electrons. The molecule has 0 radical (unpaired) electrons. The molecular weight excluding hydrogens is 344 g/mol. The predicted octanol–water partition coefficient (Wildman–Crippen LogP) is 1.51. The molecule has 5 nitrogen and oxygen atoms in total. The van der Waals surface area contributed by atoms with Gasteiger partial charge in [-0.05, 0) is 41.1 Å². The summed E-state index contributed by atoms with van der Waals surface area (Å²) in [6, 6.07) is 4.26. The van der Waals surface area contributed by atoms with E-state index in [0.29, 0.717) is 10.2 Å². The molecule has 0 aliphatic heterocycles. The molecule has 1 atom stereocenters. The number of sulfonamides is 1. The molecule has 0 aliphatic rings. The van der Waals surface area contributed by atoms with Gasteiger partial charge < -0.3 is 10.5 Å². The second kappa shape index (κ2) is 7.30. The molecular formula is C10H16BrClN2O3S. The molecule has 1 rings (SSSR count). The molecule has 0 spiro atoms. The van der Waals surface area contributed by atoms with Crippen LogP contribution in [-0.4, -0.2) is 28.1 Å². The van der Waals surface area contributed by atoms with E-state index in [2.05, 4.69) is 20.7 Å². The van der Waals surface area contributed by atoms with Gasteiger partial charge in [0.05, 0.1) is 16.5 Å². The van der Waals surface area contributed by atoms with Crippen molar-refractivity contribution in [3.8, 4) is 5.75 Å². The Balaban J connectivity index is 0.00000289. The van der Waals surface area contributed by atoms with Crippen molar-refractivity contribution in [1.29, 1.82) is 0 Å². The fraction of sp³-hybridized carbons (Fsp3) is 0.400. The molecule has 0 aromatic heterocycles. The molecule has 0 unspecified atom stereocenters. The molecule has 0 saturated carbocycles. The minimum atomic E-state index is -3.53. The number of methoxy groups -OCH3 is 1. The average Bonchev–Trinajstić information content (AvgIpc) is 2.28. The van der Waals surface area contributed by atoms with Gasteiger partial charge in [0.25, 0.3) is 0 Å². The standard InChI is InChI=1S/C10H15BrN2O3S.ClH/c1-7(6-12)13-17(14,15)8-3-4-10(16-2)9(11)5-8;/h3-5,7,13H,6,12H2,1-2H3;1H/t7-;/m1./s1. The van der Waals surface area contributed by atoms with Crippen LogP contribution >= 0.6 is 28.3 Å². The number of nitrogens with two attached hydrogens (primary N) is 1. The summed E-state index contributed by atoms with van der Waals surface area (Å²) in [5, 5.41) is 0. The molecule has 0 aliphatic carbocycles. The zero-order valence-corrected chi connectivity index (χ0v) is 13.2. The Morgan fingerprint density at radius 3 is 2.56 bits per heavy atom. The third-order valence-electron chi connectivity index (χ3n) is 2.14. The van der Waals surface area contributed by atoms with Crippen LogP contribution in [0.15, 0.2) is 27.6 Å². The van der Waals surface area contributed by atoms with E-state index in [9.17, 15) is 8.42 Å². The molecule has 8 heteroatoms. The summed E-state index contributed by atoms with van der Waals surface area (Å²) >= 11 is 3.24. The Labute approximate surface area is 122 Å². The number of ether oxygens (including phenoxy) is 1. The van der Waals surface area contributed by atoms with Crippen molar-refractivity contribution in [2.24, 2.45) is 5.73 Å². The van der Waals surface area contributed by atoms with Crippen LogP contribution in [0.4, 0.5) is 0 Å². The van der Waals surface area contributed by atoms with Crippen LogP contribution in [0.3, 0.4) is 0 Å². The van der Waals surface area contributed by atoms with Gasteiger partial charge in [-0.1, -0.05) is 0 Å². The van der Waals surface area contributed by atoms with Crippen molar-refractivity contribution in [3.05, 3.63) is 22.7 Å². The van der Waals surface area contributed by atoms with E-state index < -0.39 is 10.0 Å². The highest BCUT2D eigenvalue weighted by atomic mass is 79.9. The summed E-state index contributed by atoms with van der Waals surface area (Å²) in [4.78, 5) is 0.172. The van der Waals surface area contributed by atoms with Gasteiger partial charge in [-0.3, -0.25) is 0 Å². The Bertz CT molecular complexity index is 496. The second-order valence-electron chi connectivity index (χ2n) is 3.55. The fourth-order valence-electron chi connectivity index (χ4n) is 1.20. The predicted molar refractivity (Wildman–Crippen MR) is 76.8 cm³/mol. The van der Waals surface area contributed by atoms with Crippen LogP contribution in [-0.2, 0) is 10.0 Å². The highest BCUT2D eigenvalue weighted by Gasteiger charge is 2.17. The van der Waals surface area contributed by atoms with Crippen LogP contribution in [0.5, 0.6) is 5.75 Å². The minimum Gasteiger partial charge on any atom is -0.496 e.